The summed E-state index contributed by atoms with van der Waals surface area (Å²) in [7, 11) is 0. The number of nitrogens with one attached hydrogen (secondary N) is 2. The number of aliphatic imine (C=N–C) groups is 1. The molecule has 2 N–H and O–H groups in total. The fourth-order valence-corrected chi connectivity index (χ4v) is 3.39. The van der Waals surface area contributed by atoms with Crippen molar-refractivity contribution in [2.75, 3.05) is 19.6 Å². The average molecular weight is 501 g/mol. The third-order valence-corrected chi connectivity index (χ3v) is 4.88. The summed E-state index contributed by atoms with van der Waals surface area (Å²) < 4.78 is 53.3. The zero-order chi connectivity index (χ0) is 27.3. The van der Waals surface area contributed by atoms with Gasteiger partial charge in [0.05, 0.1) is 5.82 Å². The molecular formula is C27H44F4N4. The van der Waals surface area contributed by atoms with Crippen LogP contribution in [0.1, 0.15) is 54.4 Å². The van der Waals surface area contributed by atoms with Gasteiger partial charge in [-0.1, -0.05) is 52.0 Å². The van der Waals surface area contributed by atoms with Crippen molar-refractivity contribution in [1.82, 2.24) is 15.5 Å². The molecule has 1 heterocycles. The van der Waals surface area contributed by atoms with E-state index in [4.69, 9.17) is 0 Å². The number of alkyl halides is 4. The molecular weight excluding hydrogens is 456 g/mol. The Kier molecular flexibility index (Phi) is 20.6. The van der Waals surface area contributed by atoms with Gasteiger partial charge < -0.3 is 15.5 Å². The van der Waals surface area contributed by atoms with Crippen molar-refractivity contribution in [2.24, 2.45) is 16.8 Å². The van der Waals surface area contributed by atoms with Gasteiger partial charge >= 0.3 is 6.18 Å². The van der Waals surface area contributed by atoms with Crippen molar-refractivity contribution in [3.05, 3.63) is 48.6 Å². The highest BCUT2D eigenvalue weighted by molar-refractivity contribution is 5.54. The minimum atomic E-state index is -4.65. The summed E-state index contributed by atoms with van der Waals surface area (Å²) in [4.78, 5) is 6.44. The highest BCUT2D eigenvalue weighted by Gasteiger charge is 2.42. The van der Waals surface area contributed by atoms with E-state index < -0.39 is 18.3 Å². The van der Waals surface area contributed by atoms with Crippen molar-refractivity contribution in [1.29, 1.82) is 0 Å². The Morgan fingerprint density at radius 2 is 1.83 bits per heavy atom. The Balaban J connectivity index is 0. The molecule has 4 nitrogen and oxygen atoms in total. The molecule has 0 aromatic rings. The van der Waals surface area contributed by atoms with E-state index in [1.807, 2.05) is 33.8 Å². The molecule has 0 spiro atoms. The molecule has 0 amide bonds. The van der Waals surface area contributed by atoms with Crippen LogP contribution in [0.25, 0.3) is 0 Å². The van der Waals surface area contributed by atoms with Crippen molar-refractivity contribution in [3.63, 3.8) is 0 Å². The second kappa shape index (κ2) is 20.8. The number of likely N-dealkylation sites (tertiary alicyclic amines) is 1. The molecule has 4 atom stereocenters. The lowest BCUT2D eigenvalue weighted by Gasteiger charge is -2.21. The number of nitrogens with zero attached hydrogens (tertiary/aromatic N) is 2. The molecule has 0 aromatic carbocycles. The Morgan fingerprint density at radius 1 is 1.17 bits per heavy atom. The second-order valence-electron chi connectivity index (χ2n) is 7.68. The van der Waals surface area contributed by atoms with Gasteiger partial charge in [0.15, 0.2) is 0 Å². The van der Waals surface area contributed by atoms with Gasteiger partial charge in [-0.2, -0.15) is 13.2 Å². The van der Waals surface area contributed by atoms with Gasteiger partial charge in [0, 0.05) is 38.1 Å². The topological polar surface area (TPSA) is 39.7 Å². The number of rotatable bonds is 12. The lowest BCUT2D eigenvalue weighted by Crippen LogP contribution is -2.36. The molecule has 1 rings (SSSR count). The number of allylic oxidation sites excluding steroid dienone is 4. The predicted octanol–water partition coefficient (Wildman–Crippen LogP) is 6.61. The largest absolute Gasteiger partial charge is 0.398 e. The fourth-order valence-electron chi connectivity index (χ4n) is 3.39. The zero-order valence-corrected chi connectivity index (χ0v) is 22.0. The molecule has 8 heteroatoms. The Bertz CT molecular complexity index is 693. The van der Waals surface area contributed by atoms with Gasteiger partial charge in [-0.05, 0) is 44.9 Å². The van der Waals surface area contributed by atoms with Crippen LogP contribution in [-0.2, 0) is 0 Å². The summed E-state index contributed by atoms with van der Waals surface area (Å²) in [5.41, 5.74) is 0. The minimum Gasteiger partial charge on any atom is -0.368 e. The standard InChI is InChI=1S/C23H36F4N4.C2H6.C2H2/c1-5-8-21(24)20(23(25,26)27)11-14-29-22(9-6-2)30-19-12-15-31(17-19)16-18(4)10-13-28-7-3;2*1-2/h5,7-11,13-14,18-21,29-30H,6,12,15-17H2,1-4H3;1-2H3;1-2H/b8-5-,13-10-,14-11+,22-9-,28-7?;;. The summed E-state index contributed by atoms with van der Waals surface area (Å²) >= 11 is 0. The third-order valence-electron chi connectivity index (χ3n) is 4.88. The van der Waals surface area contributed by atoms with E-state index in [9.17, 15) is 17.6 Å². The number of hydrogen-bond acceptors (Lipinski definition) is 4. The van der Waals surface area contributed by atoms with Crippen molar-refractivity contribution in [3.8, 4) is 12.8 Å². The van der Waals surface area contributed by atoms with Crippen molar-refractivity contribution >= 4 is 6.21 Å². The first kappa shape index (κ1) is 34.6. The molecule has 1 aliphatic heterocycles. The quantitative estimate of drug-likeness (QED) is 0.137. The summed E-state index contributed by atoms with van der Waals surface area (Å²) in [6, 6.07) is 0.193. The predicted molar refractivity (Wildman–Crippen MR) is 142 cm³/mol. The SMILES string of the molecule is C#C.CC.CC=N/C=C\C(C)CN1CCC(N/C(=C\CC)N/C=C/C(C(F)/C=C\C)C(F)(F)F)C1. The first-order valence-corrected chi connectivity index (χ1v) is 12.1. The molecule has 0 bridgehead atoms. The molecule has 1 saturated heterocycles. The Morgan fingerprint density at radius 3 is 2.37 bits per heavy atom. The summed E-state index contributed by atoms with van der Waals surface area (Å²) in [6.45, 7) is 14.2. The van der Waals surface area contributed by atoms with Gasteiger partial charge in [-0.3, -0.25) is 4.99 Å². The molecule has 1 fully saturated rings. The van der Waals surface area contributed by atoms with Crippen LogP contribution in [0.5, 0.6) is 0 Å². The van der Waals surface area contributed by atoms with Crippen LogP contribution >= 0.6 is 0 Å². The van der Waals surface area contributed by atoms with Gasteiger partial charge in [0.1, 0.15) is 12.1 Å². The molecule has 1 aliphatic rings. The van der Waals surface area contributed by atoms with Crippen molar-refractivity contribution in [2.45, 2.75) is 72.8 Å². The van der Waals surface area contributed by atoms with Crippen LogP contribution in [0.3, 0.4) is 0 Å². The number of hydrogen-bond donors (Lipinski definition) is 2. The smallest absolute Gasteiger partial charge is 0.368 e. The van der Waals surface area contributed by atoms with E-state index in [1.165, 1.54) is 19.2 Å². The van der Waals surface area contributed by atoms with Crippen LogP contribution in [0.2, 0.25) is 0 Å². The van der Waals surface area contributed by atoms with E-state index in [2.05, 4.69) is 46.4 Å². The van der Waals surface area contributed by atoms with Gasteiger partial charge in [-0.15, -0.1) is 12.8 Å². The minimum absolute atomic E-state index is 0.193. The lowest BCUT2D eigenvalue weighted by molar-refractivity contribution is -0.171. The molecule has 0 radical (unpaired) electrons. The fraction of sp³-hybridized carbons (Fsp3) is 0.593. The van der Waals surface area contributed by atoms with Crippen LogP contribution < -0.4 is 10.6 Å². The van der Waals surface area contributed by atoms with Gasteiger partial charge in [0.25, 0.3) is 0 Å². The maximum atomic E-state index is 13.9. The van der Waals surface area contributed by atoms with Gasteiger partial charge in [-0.25, -0.2) is 4.39 Å². The summed E-state index contributed by atoms with van der Waals surface area (Å²) in [5.74, 6) is -1.18. The van der Waals surface area contributed by atoms with E-state index in [1.54, 1.807) is 12.4 Å². The first-order valence-electron chi connectivity index (χ1n) is 12.1. The zero-order valence-electron chi connectivity index (χ0n) is 22.0. The first-order chi connectivity index (χ1) is 16.7. The normalized spacial score (nSPS) is 19.9. The Labute approximate surface area is 210 Å². The van der Waals surface area contributed by atoms with Crippen LogP contribution in [0, 0.1) is 24.7 Å². The van der Waals surface area contributed by atoms with E-state index in [0.29, 0.717) is 18.2 Å². The maximum Gasteiger partial charge on any atom is 0.398 e. The number of halogens is 4. The summed E-state index contributed by atoms with van der Waals surface area (Å²) in [6.07, 6.45) is 14.6. The molecule has 200 valence electrons. The van der Waals surface area contributed by atoms with Gasteiger partial charge in [0.2, 0.25) is 0 Å². The average Bonchev–Trinajstić information content (AvgIpc) is 3.25. The third kappa shape index (κ3) is 15.9. The maximum absolute atomic E-state index is 13.9. The highest BCUT2D eigenvalue weighted by Crippen LogP contribution is 2.32. The molecule has 0 saturated carbocycles. The monoisotopic (exact) mass is 500 g/mol. The molecule has 35 heavy (non-hydrogen) atoms. The van der Waals surface area contributed by atoms with E-state index >= 15 is 0 Å². The van der Waals surface area contributed by atoms with Crippen LogP contribution in [0.4, 0.5) is 17.6 Å². The molecule has 0 aromatic heterocycles. The summed E-state index contributed by atoms with van der Waals surface area (Å²) in [5, 5.41) is 6.24. The number of terminal acetylenes is 1. The van der Waals surface area contributed by atoms with Crippen LogP contribution in [-0.4, -0.2) is 49.1 Å². The highest BCUT2D eigenvalue weighted by atomic mass is 19.4. The van der Waals surface area contributed by atoms with E-state index in [0.717, 1.165) is 38.2 Å². The molecule has 0 aliphatic carbocycles. The second-order valence-corrected chi connectivity index (χ2v) is 7.68. The van der Waals surface area contributed by atoms with Crippen LogP contribution in [0.15, 0.2) is 53.6 Å². The van der Waals surface area contributed by atoms with Crippen molar-refractivity contribution < 1.29 is 17.6 Å². The van der Waals surface area contributed by atoms with E-state index in [-0.39, 0.29) is 6.04 Å². The molecule has 4 unspecified atom stereocenters. The Hall–Kier alpha value is -2.53. The lowest BCUT2D eigenvalue weighted by atomic mass is 10.0.